The molecule has 1 N–H and O–H groups in total. The van der Waals surface area contributed by atoms with Crippen LogP contribution in [0.25, 0.3) is 0 Å². The van der Waals surface area contributed by atoms with E-state index in [1.54, 1.807) is 31.2 Å². The van der Waals surface area contributed by atoms with E-state index in [0.717, 1.165) is 0 Å². The van der Waals surface area contributed by atoms with E-state index in [4.69, 9.17) is 11.6 Å². The number of hydrogen-bond donors (Lipinski definition) is 1. The zero-order chi connectivity index (χ0) is 14.7. The molecule has 0 saturated heterocycles. The lowest BCUT2D eigenvalue weighted by Crippen LogP contribution is -2.16. The van der Waals surface area contributed by atoms with Gasteiger partial charge >= 0.3 is 0 Å². The number of nitrogens with one attached hydrogen (secondary N) is 1. The van der Waals surface area contributed by atoms with Crippen LogP contribution in [0.1, 0.15) is 28.7 Å². The number of carbonyl (C=O) groups is 1. The Morgan fingerprint density at radius 3 is 2.85 bits per heavy atom. The van der Waals surface area contributed by atoms with E-state index in [9.17, 15) is 4.79 Å². The van der Waals surface area contributed by atoms with Crippen molar-refractivity contribution in [2.45, 2.75) is 20.3 Å². The van der Waals surface area contributed by atoms with Crippen molar-refractivity contribution >= 4 is 39.1 Å². The number of anilines is 1. The molecule has 0 aliphatic heterocycles. The fourth-order valence-electron chi connectivity index (χ4n) is 1.76. The Kier molecular flexibility index (Phi) is 4.73. The lowest BCUT2D eigenvalue weighted by Gasteiger charge is -2.10. The van der Waals surface area contributed by atoms with E-state index in [1.807, 2.05) is 6.92 Å². The highest BCUT2D eigenvalue weighted by atomic mass is 79.9. The van der Waals surface area contributed by atoms with Gasteiger partial charge in [0.05, 0.1) is 32.1 Å². The average Bonchev–Trinajstić information content (AvgIpc) is 2.43. The molecule has 1 aromatic carbocycles. The monoisotopic (exact) mass is 353 g/mol. The van der Waals surface area contributed by atoms with Crippen molar-refractivity contribution in [2.75, 3.05) is 5.32 Å². The van der Waals surface area contributed by atoms with Crippen LogP contribution in [0, 0.1) is 6.92 Å². The number of carbonyl (C=O) groups excluding carboxylic acids is 1. The maximum atomic E-state index is 12.4. The standard InChI is InChI=1S/C14H13BrClN3O/c1-3-11-9(7-8(2)18-19-11)14(20)17-12-6-4-5-10(16)13(12)15/h4-7H,3H2,1-2H3,(H,17,20). The van der Waals surface area contributed by atoms with E-state index in [2.05, 4.69) is 31.4 Å². The Morgan fingerprint density at radius 2 is 2.15 bits per heavy atom. The summed E-state index contributed by atoms with van der Waals surface area (Å²) in [4.78, 5) is 12.4. The van der Waals surface area contributed by atoms with E-state index < -0.39 is 0 Å². The van der Waals surface area contributed by atoms with Crippen LogP contribution >= 0.6 is 27.5 Å². The highest BCUT2D eigenvalue weighted by Crippen LogP contribution is 2.30. The van der Waals surface area contributed by atoms with Crippen molar-refractivity contribution < 1.29 is 4.79 Å². The van der Waals surface area contributed by atoms with Crippen molar-refractivity contribution in [3.63, 3.8) is 0 Å². The molecule has 0 aliphatic carbocycles. The first-order valence-corrected chi connectivity index (χ1v) is 7.28. The highest BCUT2D eigenvalue weighted by molar-refractivity contribution is 9.10. The second-order valence-electron chi connectivity index (χ2n) is 4.26. The zero-order valence-corrected chi connectivity index (χ0v) is 13.4. The Balaban J connectivity index is 2.33. The Bertz CT molecular complexity index is 661. The van der Waals surface area contributed by atoms with Crippen molar-refractivity contribution in [1.29, 1.82) is 0 Å². The van der Waals surface area contributed by atoms with Gasteiger partial charge in [-0.05, 0) is 47.5 Å². The lowest BCUT2D eigenvalue weighted by atomic mass is 10.1. The second-order valence-corrected chi connectivity index (χ2v) is 5.46. The van der Waals surface area contributed by atoms with Crippen LogP contribution in [-0.2, 0) is 6.42 Å². The minimum Gasteiger partial charge on any atom is -0.321 e. The number of rotatable bonds is 3. The van der Waals surface area contributed by atoms with E-state index in [0.29, 0.717) is 38.6 Å². The van der Waals surface area contributed by atoms with Crippen LogP contribution in [0.3, 0.4) is 0 Å². The van der Waals surface area contributed by atoms with Crippen molar-refractivity contribution in [1.82, 2.24) is 10.2 Å². The van der Waals surface area contributed by atoms with E-state index >= 15 is 0 Å². The first-order valence-electron chi connectivity index (χ1n) is 6.11. The van der Waals surface area contributed by atoms with Crippen LogP contribution in [0.4, 0.5) is 5.69 Å². The fraction of sp³-hybridized carbons (Fsp3) is 0.214. The number of aromatic nitrogens is 2. The van der Waals surface area contributed by atoms with Gasteiger partial charge in [0.25, 0.3) is 5.91 Å². The first kappa shape index (κ1) is 14.9. The van der Waals surface area contributed by atoms with Crippen LogP contribution in [0.5, 0.6) is 0 Å². The number of hydrogen-bond acceptors (Lipinski definition) is 3. The number of amides is 1. The number of halogens is 2. The molecule has 0 spiro atoms. The maximum Gasteiger partial charge on any atom is 0.257 e. The fourth-order valence-corrected chi connectivity index (χ4v) is 2.30. The summed E-state index contributed by atoms with van der Waals surface area (Å²) < 4.78 is 0.659. The SMILES string of the molecule is CCc1nnc(C)cc1C(=O)Nc1cccc(Cl)c1Br. The zero-order valence-electron chi connectivity index (χ0n) is 11.1. The molecule has 1 heterocycles. The van der Waals surface area contributed by atoms with Gasteiger partial charge in [-0.25, -0.2) is 0 Å². The normalized spacial score (nSPS) is 10.4. The minimum atomic E-state index is -0.220. The Morgan fingerprint density at radius 1 is 1.40 bits per heavy atom. The molecule has 2 aromatic rings. The molecule has 6 heteroatoms. The Hall–Kier alpha value is -1.46. The van der Waals surface area contributed by atoms with Crippen LogP contribution < -0.4 is 5.32 Å². The van der Waals surface area contributed by atoms with E-state index in [1.165, 1.54) is 0 Å². The smallest absolute Gasteiger partial charge is 0.257 e. The number of nitrogens with zero attached hydrogens (tertiary/aromatic N) is 2. The topological polar surface area (TPSA) is 54.9 Å². The third-order valence-electron chi connectivity index (χ3n) is 2.77. The second kappa shape index (κ2) is 6.33. The molecule has 0 aliphatic rings. The van der Waals surface area contributed by atoms with Gasteiger partial charge in [-0.15, -0.1) is 0 Å². The molecule has 0 unspecified atom stereocenters. The molecule has 0 saturated carbocycles. The van der Waals surface area contributed by atoms with Gasteiger partial charge in [0.1, 0.15) is 0 Å². The summed E-state index contributed by atoms with van der Waals surface area (Å²) in [5.74, 6) is -0.220. The largest absolute Gasteiger partial charge is 0.321 e. The number of aryl methyl sites for hydroxylation is 2. The molecule has 0 bridgehead atoms. The average molecular weight is 355 g/mol. The van der Waals surface area contributed by atoms with Crippen LogP contribution in [0.15, 0.2) is 28.7 Å². The molecular weight excluding hydrogens is 342 g/mol. The number of benzene rings is 1. The van der Waals surface area contributed by atoms with Crippen molar-refractivity contribution in [3.05, 3.63) is 50.7 Å². The summed E-state index contributed by atoms with van der Waals surface area (Å²) in [7, 11) is 0. The lowest BCUT2D eigenvalue weighted by molar-refractivity contribution is 0.102. The molecule has 0 atom stereocenters. The predicted octanol–water partition coefficient (Wildman–Crippen LogP) is 4.02. The van der Waals surface area contributed by atoms with Crippen molar-refractivity contribution in [3.8, 4) is 0 Å². The van der Waals surface area contributed by atoms with Crippen molar-refractivity contribution in [2.24, 2.45) is 0 Å². The van der Waals surface area contributed by atoms with Gasteiger partial charge < -0.3 is 5.32 Å². The molecule has 1 aromatic heterocycles. The molecule has 2 rings (SSSR count). The third-order valence-corrected chi connectivity index (χ3v) is 4.17. The summed E-state index contributed by atoms with van der Waals surface area (Å²) in [6.45, 7) is 3.74. The summed E-state index contributed by atoms with van der Waals surface area (Å²) in [5, 5.41) is 11.4. The predicted molar refractivity (Wildman–Crippen MR) is 83.3 cm³/mol. The molecular formula is C14H13BrClN3O. The molecule has 20 heavy (non-hydrogen) atoms. The summed E-state index contributed by atoms with van der Waals surface area (Å²) in [6.07, 6.45) is 0.646. The van der Waals surface area contributed by atoms with Gasteiger partial charge in [-0.1, -0.05) is 24.6 Å². The summed E-state index contributed by atoms with van der Waals surface area (Å²) in [5.41, 5.74) is 2.54. The minimum absolute atomic E-state index is 0.220. The van der Waals surface area contributed by atoms with Gasteiger partial charge in [0, 0.05) is 0 Å². The van der Waals surface area contributed by atoms with Crippen LogP contribution in [0.2, 0.25) is 5.02 Å². The maximum absolute atomic E-state index is 12.4. The molecule has 4 nitrogen and oxygen atoms in total. The van der Waals surface area contributed by atoms with Crippen LogP contribution in [-0.4, -0.2) is 16.1 Å². The van der Waals surface area contributed by atoms with Gasteiger partial charge in [-0.2, -0.15) is 10.2 Å². The Labute approximate surface area is 130 Å². The molecule has 0 radical (unpaired) electrons. The van der Waals surface area contributed by atoms with E-state index in [-0.39, 0.29) is 5.91 Å². The highest BCUT2D eigenvalue weighted by Gasteiger charge is 2.14. The molecule has 0 fully saturated rings. The quantitative estimate of drug-likeness (QED) is 0.906. The summed E-state index contributed by atoms with van der Waals surface area (Å²) >= 11 is 9.36. The van der Waals surface area contributed by atoms with Gasteiger partial charge in [-0.3, -0.25) is 4.79 Å². The van der Waals surface area contributed by atoms with Gasteiger partial charge in [0.2, 0.25) is 0 Å². The molecule has 104 valence electrons. The summed E-state index contributed by atoms with van der Waals surface area (Å²) in [6, 6.07) is 7.04. The third kappa shape index (κ3) is 3.16. The molecule has 1 amide bonds. The van der Waals surface area contributed by atoms with Gasteiger partial charge in [0.15, 0.2) is 0 Å². The first-order chi connectivity index (χ1) is 9.52.